The van der Waals surface area contributed by atoms with Crippen molar-refractivity contribution in [1.82, 2.24) is 15.8 Å². The van der Waals surface area contributed by atoms with Gasteiger partial charge in [0.15, 0.2) is 14.6 Å². The summed E-state index contributed by atoms with van der Waals surface area (Å²) in [4.78, 5) is 28.0. The van der Waals surface area contributed by atoms with Gasteiger partial charge in [-0.15, -0.1) is 0 Å². The minimum absolute atomic E-state index is 0.0425. The Balaban J connectivity index is 1.55. The number of carbonyl (C=O) groups excluding carboxylic acids is 2. The Morgan fingerprint density at radius 1 is 1.16 bits per heavy atom. The SMILES string of the molecule is O=C(NCCCOc1ccc(S(=O)(=O)C2(C(=O)NO)CCOCC2)cc1)c1cccnc1. The summed E-state index contributed by atoms with van der Waals surface area (Å²) >= 11 is 0. The molecule has 0 aliphatic carbocycles. The highest BCUT2D eigenvalue weighted by Gasteiger charge is 2.52. The first-order valence-electron chi connectivity index (χ1n) is 10.1. The highest BCUT2D eigenvalue weighted by molar-refractivity contribution is 7.93. The zero-order valence-electron chi connectivity index (χ0n) is 17.3. The van der Waals surface area contributed by atoms with E-state index in [0.29, 0.717) is 30.9 Å². The Morgan fingerprint density at radius 2 is 1.88 bits per heavy atom. The van der Waals surface area contributed by atoms with Crippen molar-refractivity contribution in [2.75, 3.05) is 26.4 Å². The standard InChI is InChI=1S/C21H25N3O7S/c25-19(16-3-1-10-22-15-16)23-11-2-12-31-17-4-6-18(7-5-17)32(28,29)21(20(26)24-27)8-13-30-14-9-21/h1,3-7,10,15,27H,2,8-9,11-14H2,(H,23,25)(H,24,26). The molecule has 1 aromatic carbocycles. The average Bonchev–Trinajstić information content (AvgIpc) is 2.84. The highest BCUT2D eigenvalue weighted by Crippen LogP contribution is 2.35. The van der Waals surface area contributed by atoms with Crippen LogP contribution in [-0.4, -0.2) is 61.5 Å². The maximum absolute atomic E-state index is 13.2. The molecule has 1 fully saturated rings. The predicted octanol–water partition coefficient (Wildman–Crippen LogP) is 1.11. The molecule has 1 aromatic heterocycles. The zero-order chi connectivity index (χ0) is 23.0. The molecule has 0 saturated carbocycles. The van der Waals surface area contributed by atoms with E-state index >= 15 is 0 Å². The molecule has 2 heterocycles. The van der Waals surface area contributed by atoms with E-state index in [1.165, 1.54) is 35.9 Å². The van der Waals surface area contributed by atoms with Gasteiger partial charge in [-0.05, 0) is 55.7 Å². The lowest BCUT2D eigenvalue weighted by Gasteiger charge is -2.34. The Kier molecular flexibility index (Phi) is 7.78. The van der Waals surface area contributed by atoms with Gasteiger partial charge in [-0.2, -0.15) is 0 Å². The first-order valence-corrected chi connectivity index (χ1v) is 11.6. The van der Waals surface area contributed by atoms with Crippen LogP contribution < -0.4 is 15.5 Å². The lowest BCUT2D eigenvalue weighted by Crippen LogP contribution is -2.54. The summed E-state index contributed by atoms with van der Waals surface area (Å²) in [5.41, 5.74) is 1.96. The van der Waals surface area contributed by atoms with Gasteiger partial charge in [-0.3, -0.25) is 19.8 Å². The number of hydroxylamine groups is 1. The van der Waals surface area contributed by atoms with Crippen molar-refractivity contribution >= 4 is 21.7 Å². The van der Waals surface area contributed by atoms with Crippen LogP contribution in [0.2, 0.25) is 0 Å². The van der Waals surface area contributed by atoms with E-state index in [4.69, 9.17) is 14.7 Å². The molecule has 10 nitrogen and oxygen atoms in total. The molecule has 3 N–H and O–H groups in total. The molecule has 172 valence electrons. The maximum Gasteiger partial charge on any atom is 0.265 e. The minimum Gasteiger partial charge on any atom is -0.494 e. The van der Waals surface area contributed by atoms with Gasteiger partial charge < -0.3 is 14.8 Å². The van der Waals surface area contributed by atoms with Crippen LogP contribution in [0, 0.1) is 0 Å². The van der Waals surface area contributed by atoms with Crippen molar-refractivity contribution in [3.8, 4) is 5.75 Å². The fourth-order valence-corrected chi connectivity index (χ4v) is 5.36. The Labute approximate surface area is 185 Å². The fourth-order valence-electron chi connectivity index (χ4n) is 3.42. The number of nitrogens with zero attached hydrogens (tertiary/aromatic N) is 1. The summed E-state index contributed by atoms with van der Waals surface area (Å²) in [6.07, 6.45) is 3.52. The number of aromatic nitrogens is 1. The van der Waals surface area contributed by atoms with Crippen LogP contribution >= 0.6 is 0 Å². The number of sulfone groups is 1. The number of benzene rings is 1. The normalized spacial score (nSPS) is 15.5. The lowest BCUT2D eigenvalue weighted by atomic mass is 9.98. The Bertz CT molecular complexity index is 1020. The van der Waals surface area contributed by atoms with E-state index < -0.39 is 20.5 Å². The van der Waals surface area contributed by atoms with Crippen LogP contribution in [0.1, 0.15) is 29.6 Å². The third-order valence-electron chi connectivity index (χ3n) is 5.26. The summed E-state index contributed by atoms with van der Waals surface area (Å²) < 4.78 is 35.4. The van der Waals surface area contributed by atoms with Crippen LogP contribution in [0.3, 0.4) is 0 Å². The number of rotatable bonds is 9. The van der Waals surface area contributed by atoms with Crippen LogP contribution in [0.5, 0.6) is 5.75 Å². The summed E-state index contributed by atoms with van der Waals surface area (Å²) in [6.45, 7) is 0.922. The first-order chi connectivity index (χ1) is 15.4. The van der Waals surface area contributed by atoms with Crippen molar-refractivity contribution in [3.05, 3.63) is 54.4 Å². The number of amides is 2. The average molecular weight is 464 g/mol. The van der Waals surface area contributed by atoms with Gasteiger partial charge >= 0.3 is 0 Å². The lowest BCUT2D eigenvalue weighted by molar-refractivity contribution is -0.134. The van der Waals surface area contributed by atoms with Crippen molar-refractivity contribution in [3.63, 3.8) is 0 Å². The number of carbonyl (C=O) groups is 2. The third-order valence-corrected chi connectivity index (χ3v) is 7.78. The smallest absolute Gasteiger partial charge is 0.265 e. The molecule has 32 heavy (non-hydrogen) atoms. The molecule has 2 amide bonds. The van der Waals surface area contributed by atoms with E-state index in [0.717, 1.165) is 0 Å². The number of hydrogen-bond acceptors (Lipinski definition) is 8. The van der Waals surface area contributed by atoms with Crippen molar-refractivity contribution in [1.29, 1.82) is 0 Å². The fraction of sp³-hybridized carbons (Fsp3) is 0.381. The van der Waals surface area contributed by atoms with Gasteiger partial charge in [0.2, 0.25) is 0 Å². The van der Waals surface area contributed by atoms with Gasteiger partial charge in [0.05, 0.1) is 17.1 Å². The van der Waals surface area contributed by atoms with Crippen LogP contribution in [0.4, 0.5) is 0 Å². The number of ether oxygens (including phenoxy) is 2. The molecule has 3 rings (SSSR count). The van der Waals surface area contributed by atoms with Gasteiger partial charge in [0.25, 0.3) is 11.8 Å². The second kappa shape index (κ2) is 10.5. The third kappa shape index (κ3) is 5.06. The van der Waals surface area contributed by atoms with Gasteiger partial charge in [-0.1, -0.05) is 0 Å². The summed E-state index contributed by atoms with van der Waals surface area (Å²) in [7, 11) is -4.08. The maximum atomic E-state index is 13.2. The molecular formula is C21H25N3O7S. The van der Waals surface area contributed by atoms with Crippen LogP contribution in [-0.2, 0) is 19.4 Å². The molecule has 1 aliphatic heterocycles. The van der Waals surface area contributed by atoms with Crippen molar-refractivity contribution in [2.24, 2.45) is 0 Å². The Morgan fingerprint density at radius 3 is 2.50 bits per heavy atom. The quantitative estimate of drug-likeness (QED) is 0.285. The van der Waals surface area contributed by atoms with Gasteiger partial charge in [-0.25, -0.2) is 13.9 Å². The van der Waals surface area contributed by atoms with E-state index in [1.54, 1.807) is 18.3 Å². The summed E-state index contributed by atoms with van der Waals surface area (Å²) in [6, 6.07) is 9.11. The highest BCUT2D eigenvalue weighted by atomic mass is 32.2. The molecule has 0 unspecified atom stereocenters. The molecule has 0 atom stereocenters. The topological polar surface area (TPSA) is 144 Å². The van der Waals surface area contributed by atoms with E-state index in [9.17, 15) is 18.0 Å². The second-order valence-electron chi connectivity index (χ2n) is 7.22. The molecule has 1 saturated heterocycles. The monoisotopic (exact) mass is 463 g/mol. The summed E-state index contributed by atoms with van der Waals surface area (Å²) in [5.74, 6) is -0.730. The van der Waals surface area contributed by atoms with Gasteiger partial charge in [0, 0.05) is 32.2 Å². The van der Waals surface area contributed by atoms with Crippen LogP contribution in [0.25, 0.3) is 0 Å². The van der Waals surface area contributed by atoms with Crippen molar-refractivity contribution < 1.29 is 32.7 Å². The summed E-state index contributed by atoms with van der Waals surface area (Å²) in [5, 5.41) is 11.9. The number of pyridine rings is 1. The molecule has 11 heteroatoms. The second-order valence-corrected chi connectivity index (χ2v) is 9.48. The molecule has 2 aromatic rings. The van der Waals surface area contributed by atoms with E-state index in [-0.39, 0.29) is 36.9 Å². The molecular weight excluding hydrogens is 438 g/mol. The number of hydrogen-bond donors (Lipinski definition) is 3. The van der Waals surface area contributed by atoms with E-state index in [2.05, 4.69) is 10.3 Å². The molecule has 1 aliphatic rings. The number of nitrogens with one attached hydrogen (secondary N) is 2. The molecule has 0 bridgehead atoms. The zero-order valence-corrected chi connectivity index (χ0v) is 18.1. The molecule has 0 spiro atoms. The van der Waals surface area contributed by atoms with Crippen molar-refractivity contribution in [2.45, 2.75) is 28.9 Å². The predicted molar refractivity (Wildman–Crippen MR) is 113 cm³/mol. The largest absolute Gasteiger partial charge is 0.494 e. The van der Waals surface area contributed by atoms with Crippen LogP contribution in [0.15, 0.2) is 53.7 Å². The minimum atomic E-state index is -4.08. The first kappa shape index (κ1) is 23.6. The molecule has 0 radical (unpaired) electrons. The van der Waals surface area contributed by atoms with E-state index in [1.807, 2.05) is 0 Å². The van der Waals surface area contributed by atoms with Gasteiger partial charge in [0.1, 0.15) is 5.75 Å². The Hall–Kier alpha value is -3.02.